The third kappa shape index (κ3) is 5.28. The molecule has 1 aliphatic rings. The number of aliphatic carboxylic acids is 1. The molecule has 8 heteroatoms. The summed E-state index contributed by atoms with van der Waals surface area (Å²) in [4.78, 5) is 24.0. The van der Waals surface area contributed by atoms with Crippen LogP contribution < -0.4 is 5.32 Å². The van der Waals surface area contributed by atoms with E-state index in [0.29, 0.717) is 37.9 Å². The molecule has 0 radical (unpaired) electrons. The molecule has 2 N–H and O–H groups in total. The Hall–Kier alpha value is -1.93. The van der Waals surface area contributed by atoms with Gasteiger partial charge in [-0.1, -0.05) is 43.7 Å². The normalized spacial score (nSPS) is 17.6. The van der Waals surface area contributed by atoms with Gasteiger partial charge in [0.15, 0.2) is 6.04 Å². The summed E-state index contributed by atoms with van der Waals surface area (Å²) >= 11 is 0. The molecule has 1 aromatic rings. The highest BCUT2D eigenvalue weighted by atomic mass is 32.2. The van der Waals surface area contributed by atoms with Crippen LogP contribution in [0.1, 0.15) is 44.2 Å². The zero-order chi connectivity index (χ0) is 19.2. The highest BCUT2D eigenvalue weighted by Crippen LogP contribution is 2.22. The van der Waals surface area contributed by atoms with Crippen LogP contribution in [-0.2, 0) is 19.6 Å². The Labute approximate surface area is 154 Å². The summed E-state index contributed by atoms with van der Waals surface area (Å²) < 4.78 is 25.9. The van der Waals surface area contributed by atoms with Crippen LogP contribution in [0.4, 0.5) is 0 Å². The molecule has 1 aromatic carbocycles. The molecular weight excluding hydrogens is 356 g/mol. The highest BCUT2D eigenvalue weighted by molar-refractivity contribution is 7.89. The van der Waals surface area contributed by atoms with E-state index in [0.717, 1.165) is 6.42 Å². The fourth-order valence-corrected chi connectivity index (χ4v) is 4.72. The van der Waals surface area contributed by atoms with Crippen LogP contribution in [-0.4, -0.2) is 48.5 Å². The van der Waals surface area contributed by atoms with Crippen molar-refractivity contribution in [2.75, 3.05) is 18.8 Å². The zero-order valence-corrected chi connectivity index (χ0v) is 15.7. The Morgan fingerprint density at radius 2 is 1.85 bits per heavy atom. The molecule has 1 amide bonds. The van der Waals surface area contributed by atoms with Gasteiger partial charge in [-0.25, -0.2) is 17.5 Å². The van der Waals surface area contributed by atoms with Crippen molar-refractivity contribution in [1.82, 2.24) is 9.62 Å². The molecule has 1 unspecified atom stereocenters. The number of piperidine rings is 1. The Kier molecular flexibility index (Phi) is 7.16. The van der Waals surface area contributed by atoms with Gasteiger partial charge in [-0.3, -0.25) is 4.79 Å². The minimum Gasteiger partial charge on any atom is -0.479 e. The first-order valence-corrected chi connectivity index (χ1v) is 10.5. The van der Waals surface area contributed by atoms with E-state index in [1.165, 1.54) is 4.31 Å². The zero-order valence-electron chi connectivity index (χ0n) is 14.9. The quantitative estimate of drug-likeness (QED) is 0.713. The number of rotatable bonds is 8. The molecule has 0 aromatic heterocycles. The van der Waals surface area contributed by atoms with Crippen LogP contribution in [0.25, 0.3) is 0 Å². The van der Waals surface area contributed by atoms with Crippen molar-refractivity contribution in [3.05, 3.63) is 35.9 Å². The second-order valence-corrected chi connectivity index (χ2v) is 8.62. The van der Waals surface area contributed by atoms with E-state index >= 15 is 0 Å². The summed E-state index contributed by atoms with van der Waals surface area (Å²) in [5.74, 6) is -1.70. The smallest absolute Gasteiger partial charge is 0.330 e. The lowest BCUT2D eigenvalue weighted by Gasteiger charge is -2.31. The van der Waals surface area contributed by atoms with Gasteiger partial charge in [-0.15, -0.1) is 0 Å². The van der Waals surface area contributed by atoms with Crippen molar-refractivity contribution in [3.8, 4) is 0 Å². The predicted octanol–water partition coefficient (Wildman–Crippen LogP) is 1.77. The molecule has 144 valence electrons. The molecule has 1 aliphatic heterocycles. The van der Waals surface area contributed by atoms with Crippen LogP contribution in [0, 0.1) is 5.92 Å². The van der Waals surface area contributed by atoms with Crippen molar-refractivity contribution >= 4 is 21.9 Å². The van der Waals surface area contributed by atoms with Crippen molar-refractivity contribution in [2.45, 2.75) is 38.6 Å². The number of carboxylic acid groups (broad SMARTS) is 1. The summed E-state index contributed by atoms with van der Waals surface area (Å²) in [5.41, 5.74) is 0.507. The maximum Gasteiger partial charge on any atom is 0.330 e. The van der Waals surface area contributed by atoms with Crippen molar-refractivity contribution < 1.29 is 23.1 Å². The van der Waals surface area contributed by atoms with E-state index in [-0.39, 0.29) is 17.6 Å². The van der Waals surface area contributed by atoms with Crippen LogP contribution in [0.3, 0.4) is 0 Å². The Balaban J connectivity index is 1.94. The first-order chi connectivity index (χ1) is 12.3. The van der Waals surface area contributed by atoms with Gasteiger partial charge in [-0.2, -0.15) is 0 Å². The third-order valence-corrected chi connectivity index (χ3v) is 6.60. The fraction of sp³-hybridized carbons (Fsp3) is 0.556. The number of carboxylic acids is 1. The molecular formula is C18H26N2O5S. The first-order valence-electron chi connectivity index (χ1n) is 8.91. The van der Waals surface area contributed by atoms with Crippen LogP contribution in [0.2, 0.25) is 0 Å². The summed E-state index contributed by atoms with van der Waals surface area (Å²) in [5, 5.41) is 12.0. The van der Waals surface area contributed by atoms with E-state index in [2.05, 4.69) is 5.32 Å². The Bertz CT molecular complexity index is 712. The van der Waals surface area contributed by atoms with Gasteiger partial charge in [0.05, 0.1) is 5.75 Å². The van der Waals surface area contributed by atoms with E-state index in [1.54, 1.807) is 30.3 Å². The van der Waals surface area contributed by atoms with Crippen molar-refractivity contribution in [1.29, 1.82) is 0 Å². The van der Waals surface area contributed by atoms with E-state index in [4.69, 9.17) is 0 Å². The van der Waals surface area contributed by atoms with Gasteiger partial charge in [0, 0.05) is 19.0 Å². The number of amides is 1. The number of nitrogens with zero attached hydrogens (tertiary/aromatic N) is 1. The number of benzene rings is 1. The minimum atomic E-state index is -3.27. The van der Waals surface area contributed by atoms with Crippen LogP contribution in [0.5, 0.6) is 0 Å². The molecule has 1 fully saturated rings. The second kappa shape index (κ2) is 9.14. The average Bonchev–Trinajstić information content (AvgIpc) is 2.65. The molecule has 1 saturated heterocycles. The molecule has 1 atom stereocenters. The number of sulfonamides is 1. The van der Waals surface area contributed by atoms with E-state index in [9.17, 15) is 23.1 Å². The number of carbonyl (C=O) groups excluding carboxylic acids is 1. The highest BCUT2D eigenvalue weighted by Gasteiger charge is 2.32. The Morgan fingerprint density at radius 1 is 1.23 bits per heavy atom. The predicted molar refractivity (Wildman–Crippen MR) is 98.0 cm³/mol. The van der Waals surface area contributed by atoms with Gasteiger partial charge in [0.2, 0.25) is 15.9 Å². The number of hydrogen-bond donors (Lipinski definition) is 2. The second-order valence-electron chi connectivity index (χ2n) is 6.53. The lowest BCUT2D eigenvalue weighted by Crippen LogP contribution is -2.45. The molecule has 0 spiro atoms. The lowest BCUT2D eigenvalue weighted by atomic mass is 9.96. The summed E-state index contributed by atoms with van der Waals surface area (Å²) in [7, 11) is -3.27. The Morgan fingerprint density at radius 3 is 2.38 bits per heavy atom. The largest absolute Gasteiger partial charge is 0.479 e. The minimum absolute atomic E-state index is 0.134. The standard InChI is InChI=1S/C18H26N2O5S/c1-2-3-13-26(24,25)20-11-9-15(10-12-20)17(21)19-16(18(22)23)14-7-5-4-6-8-14/h4-8,15-16H,2-3,9-13H2,1H3,(H,19,21)(H,22,23). The van der Waals surface area contributed by atoms with Gasteiger partial charge in [0.1, 0.15) is 0 Å². The van der Waals surface area contributed by atoms with Crippen molar-refractivity contribution in [2.24, 2.45) is 5.92 Å². The number of nitrogens with one attached hydrogen (secondary N) is 1. The molecule has 1 heterocycles. The summed E-state index contributed by atoms with van der Waals surface area (Å²) in [6.45, 7) is 2.54. The lowest BCUT2D eigenvalue weighted by molar-refractivity contribution is -0.142. The first kappa shape index (κ1) is 20.4. The van der Waals surface area contributed by atoms with Gasteiger partial charge in [-0.05, 0) is 24.8 Å². The molecule has 7 nitrogen and oxygen atoms in total. The van der Waals surface area contributed by atoms with Crippen LogP contribution >= 0.6 is 0 Å². The van der Waals surface area contributed by atoms with Gasteiger partial charge >= 0.3 is 5.97 Å². The van der Waals surface area contributed by atoms with E-state index in [1.807, 2.05) is 6.92 Å². The topological polar surface area (TPSA) is 104 Å². The summed E-state index contributed by atoms with van der Waals surface area (Å²) in [6, 6.07) is 7.42. The fourth-order valence-electron chi connectivity index (χ4n) is 3.05. The van der Waals surface area contributed by atoms with Crippen LogP contribution in [0.15, 0.2) is 30.3 Å². The number of unbranched alkanes of at least 4 members (excludes halogenated alkanes) is 1. The molecule has 2 rings (SSSR count). The van der Waals surface area contributed by atoms with Gasteiger partial charge < -0.3 is 10.4 Å². The maximum absolute atomic E-state index is 12.5. The van der Waals surface area contributed by atoms with Crippen molar-refractivity contribution in [3.63, 3.8) is 0 Å². The SMILES string of the molecule is CCCCS(=O)(=O)N1CCC(C(=O)NC(C(=O)O)c2ccccc2)CC1. The number of carbonyl (C=O) groups is 2. The third-order valence-electron chi connectivity index (χ3n) is 4.64. The van der Waals surface area contributed by atoms with E-state index < -0.39 is 22.0 Å². The summed E-state index contributed by atoms with van der Waals surface area (Å²) in [6.07, 6.45) is 2.24. The molecule has 0 saturated carbocycles. The monoisotopic (exact) mass is 382 g/mol. The number of hydrogen-bond acceptors (Lipinski definition) is 4. The molecule has 0 bridgehead atoms. The molecule has 0 aliphatic carbocycles. The van der Waals surface area contributed by atoms with Gasteiger partial charge in [0.25, 0.3) is 0 Å². The average molecular weight is 382 g/mol. The maximum atomic E-state index is 12.5. The molecule has 26 heavy (non-hydrogen) atoms.